The molecule has 5 nitrogen and oxygen atoms in total. The number of para-hydroxylation sites is 1. The standard InChI is InChI=1S/C22H21ClN2O3/c23-18-9-7-15(8-10-18)22(27)25(14-19-5-3-11-28-19)13-17-12-16-4-1-2-6-20(16)24-21(17)26/h1-2,4,6-10,12,19H,3,5,11,13-14H2,(H,24,26)/t19-/m1/s1. The number of carbonyl (C=O) groups excluding carboxylic acids is 1. The summed E-state index contributed by atoms with van der Waals surface area (Å²) in [7, 11) is 0. The monoisotopic (exact) mass is 396 g/mol. The van der Waals surface area contributed by atoms with Gasteiger partial charge < -0.3 is 14.6 Å². The molecule has 1 N–H and O–H groups in total. The van der Waals surface area contributed by atoms with Crippen molar-refractivity contribution in [2.45, 2.75) is 25.5 Å². The number of fused-ring (bicyclic) bond motifs is 1. The van der Waals surface area contributed by atoms with E-state index in [1.807, 2.05) is 30.3 Å². The molecule has 0 saturated carbocycles. The minimum absolute atomic E-state index is 0.00390. The van der Waals surface area contributed by atoms with E-state index in [1.54, 1.807) is 29.2 Å². The van der Waals surface area contributed by atoms with Crippen LogP contribution in [0, 0.1) is 0 Å². The molecule has 6 heteroatoms. The molecule has 2 heterocycles. The lowest BCUT2D eigenvalue weighted by Gasteiger charge is -2.25. The van der Waals surface area contributed by atoms with E-state index in [0.717, 1.165) is 23.7 Å². The van der Waals surface area contributed by atoms with Gasteiger partial charge >= 0.3 is 0 Å². The van der Waals surface area contributed by atoms with Crippen LogP contribution >= 0.6 is 11.6 Å². The van der Waals surface area contributed by atoms with Crippen molar-refractivity contribution in [3.63, 3.8) is 0 Å². The molecule has 1 amide bonds. The van der Waals surface area contributed by atoms with Crippen LogP contribution in [0.25, 0.3) is 10.9 Å². The average molecular weight is 397 g/mol. The Kier molecular flexibility index (Phi) is 5.46. The first-order chi connectivity index (χ1) is 13.6. The molecule has 28 heavy (non-hydrogen) atoms. The van der Waals surface area contributed by atoms with Crippen LogP contribution < -0.4 is 5.56 Å². The van der Waals surface area contributed by atoms with Gasteiger partial charge in [0.15, 0.2) is 0 Å². The Bertz CT molecular complexity index is 1040. The fourth-order valence-electron chi connectivity index (χ4n) is 3.54. The second kappa shape index (κ2) is 8.17. The second-order valence-electron chi connectivity index (χ2n) is 7.04. The van der Waals surface area contributed by atoms with Crippen molar-refractivity contribution in [2.75, 3.05) is 13.2 Å². The summed E-state index contributed by atoms with van der Waals surface area (Å²) in [6.07, 6.45) is 1.90. The summed E-state index contributed by atoms with van der Waals surface area (Å²) in [4.78, 5) is 30.3. The minimum Gasteiger partial charge on any atom is -0.376 e. The van der Waals surface area contributed by atoms with Gasteiger partial charge in [-0.1, -0.05) is 29.8 Å². The van der Waals surface area contributed by atoms with E-state index >= 15 is 0 Å². The fourth-order valence-corrected chi connectivity index (χ4v) is 3.67. The average Bonchev–Trinajstić information content (AvgIpc) is 3.21. The molecule has 0 aliphatic carbocycles. The SMILES string of the molecule is O=C(c1ccc(Cl)cc1)N(Cc1cc2ccccc2[nH]c1=O)C[C@H]1CCCO1. The minimum atomic E-state index is -0.181. The van der Waals surface area contributed by atoms with Crippen LogP contribution in [-0.2, 0) is 11.3 Å². The van der Waals surface area contributed by atoms with Crippen molar-refractivity contribution in [3.8, 4) is 0 Å². The molecule has 1 aromatic heterocycles. The number of aromatic amines is 1. The Hall–Kier alpha value is -2.63. The third-order valence-corrected chi connectivity index (χ3v) is 5.27. The molecule has 0 bridgehead atoms. The smallest absolute Gasteiger partial charge is 0.254 e. The van der Waals surface area contributed by atoms with Gasteiger partial charge in [-0.2, -0.15) is 0 Å². The summed E-state index contributed by atoms with van der Waals surface area (Å²) in [6, 6.07) is 16.3. The van der Waals surface area contributed by atoms with Crippen molar-refractivity contribution in [1.82, 2.24) is 9.88 Å². The van der Waals surface area contributed by atoms with E-state index < -0.39 is 0 Å². The van der Waals surface area contributed by atoms with E-state index in [0.29, 0.717) is 29.3 Å². The lowest BCUT2D eigenvalue weighted by molar-refractivity contribution is 0.0506. The lowest BCUT2D eigenvalue weighted by atomic mass is 10.1. The lowest BCUT2D eigenvalue weighted by Crippen LogP contribution is -2.38. The molecule has 0 unspecified atom stereocenters. The van der Waals surface area contributed by atoms with Crippen LogP contribution in [0.3, 0.4) is 0 Å². The highest BCUT2D eigenvalue weighted by molar-refractivity contribution is 6.30. The van der Waals surface area contributed by atoms with Gasteiger partial charge in [0.1, 0.15) is 0 Å². The molecule has 144 valence electrons. The third-order valence-electron chi connectivity index (χ3n) is 5.02. The maximum atomic E-state index is 13.1. The first-order valence-corrected chi connectivity index (χ1v) is 9.75. The maximum absolute atomic E-state index is 13.1. The normalized spacial score (nSPS) is 16.4. The number of ether oxygens (including phenoxy) is 1. The van der Waals surface area contributed by atoms with Crippen molar-refractivity contribution in [1.29, 1.82) is 0 Å². The quantitative estimate of drug-likeness (QED) is 0.709. The predicted octanol–water partition coefficient (Wildman–Crippen LogP) is 4.00. The Morgan fingerprint density at radius 3 is 2.71 bits per heavy atom. The van der Waals surface area contributed by atoms with E-state index in [-0.39, 0.29) is 24.1 Å². The summed E-state index contributed by atoms with van der Waals surface area (Å²) < 4.78 is 5.73. The van der Waals surface area contributed by atoms with Crippen molar-refractivity contribution in [3.05, 3.63) is 81.1 Å². The third kappa shape index (κ3) is 4.11. The molecule has 3 aromatic rings. The molecule has 0 spiro atoms. The van der Waals surface area contributed by atoms with Crippen LogP contribution in [0.2, 0.25) is 5.02 Å². The molecular formula is C22H21ClN2O3. The highest BCUT2D eigenvalue weighted by Crippen LogP contribution is 2.19. The van der Waals surface area contributed by atoms with Crippen molar-refractivity contribution >= 4 is 28.4 Å². The van der Waals surface area contributed by atoms with Gasteiger partial charge in [0.25, 0.3) is 11.5 Å². The van der Waals surface area contributed by atoms with Gasteiger partial charge in [-0.3, -0.25) is 9.59 Å². The number of amides is 1. The molecular weight excluding hydrogens is 376 g/mol. The van der Waals surface area contributed by atoms with Crippen LogP contribution in [0.15, 0.2) is 59.4 Å². The first-order valence-electron chi connectivity index (χ1n) is 9.37. The highest BCUT2D eigenvalue weighted by Gasteiger charge is 2.24. The zero-order chi connectivity index (χ0) is 19.5. The summed E-state index contributed by atoms with van der Waals surface area (Å²) in [6.45, 7) is 1.39. The summed E-state index contributed by atoms with van der Waals surface area (Å²) in [5.74, 6) is -0.139. The molecule has 0 radical (unpaired) electrons. The van der Waals surface area contributed by atoms with Crippen molar-refractivity contribution < 1.29 is 9.53 Å². The number of nitrogens with one attached hydrogen (secondary N) is 1. The number of benzene rings is 2. The van der Waals surface area contributed by atoms with E-state index in [1.165, 1.54) is 0 Å². The Labute approximate surface area is 167 Å². The molecule has 4 rings (SSSR count). The number of H-pyrrole nitrogens is 1. The molecule has 1 aliphatic rings. The number of hydrogen-bond donors (Lipinski definition) is 1. The van der Waals surface area contributed by atoms with Crippen LogP contribution in [-0.4, -0.2) is 35.0 Å². The summed E-state index contributed by atoms with van der Waals surface area (Å²) in [5.41, 5.74) is 1.70. The topological polar surface area (TPSA) is 62.4 Å². The fraction of sp³-hybridized carbons (Fsp3) is 0.273. The Balaban J connectivity index is 1.65. The van der Waals surface area contributed by atoms with Gasteiger partial charge in [-0.15, -0.1) is 0 Å². The maximum Gasteiger partial charge on any atom is 0.254 e. The largest absolute Gasteiger partial charge is 0.376 e. The van der Waals surface area contributed by atoms with Gasteiger partial charge in [0.05, 0.1) is 12.6 Å². The molecule has 1 aliphatic heterocycles. The molecule has 2 aromatic carbocycles. The number of pyridine rings is 1. The van der Waals surface area contributed by atoms with E-state index in [9.17, 15) is 9.59 Å². The second-order valence-corrected chi connectivity index (χ2v) is 7.47. The molecule has 1 saturated heterocycles. The number of rotatable bonds is 5. The first kappa shape index (κ1) is 18.7. The number of halogens is 1. The number of hydrogen-bond acceptors (Lipinski definition) is 3. The summed E-state index contributed by atoms with van der Waals surface area (Å²) >= 11 is 5.95. The number of aromatic nitrogens is 1. The van der Waals surface area contributed by atoms with Gasteiger partial charge in [0, 0.05) is 34.8 Å². The van der Waals surface area contributed by atoms with Gasteiger partial charge in [0.2, 0.25) is 0 Å². The van der Waals surface area contributed by atoms with Crippen LogP contribution in [0.5, 0.6) is 0 Å². The Morgan fingerprint density at radius 2 is 1.96 bits per heavy atom. The molecule has 1 fully saturated rings. The van der Waals surface area contributed by atoms with Crippen LogP contribution in [0.4, 0.5) is 0 Å². The predicted molar refractivity (Wildman–Crippen MR) is 110 cm³/mol. The number of nitrogens with zero attached hydrogens (tertiary/aromatic N) is 1. The van der Waals surface area contributed by atoms with E-state index in [4.69, 9.17) is 16.3 Å². The Morgan fingerprint density at radius 1 is 1.18 bits per heavy atom. The van der Waals surface area contributed by atoms with E-state index in [2.05, 4.69) is 4.98 Å². The summed E-state index contributed by atoms with van der Waals surface area (Å²) in [5, 5.41) is 1.52. The van der Waals surface area contributed by atoms with Crippen molar-refractivity contribution in [2.24, 2.45) is 0 Å². The molecule has 1 atom stereocenters. The van der Waals surface area contributed by atoms with Gasteiger partial charge in [-0.25, -0.2) is 0 Å². The highest BCUT2D eigenvalue weighted by atomic mass is 35.5. The van der Waals surface area contributed by atoms with Gasteiger partial charge in [-0.05, 0) is 54.6 Å². The zero-order valence-corrected chi connectivity index (χ0v) is 16.1. The zero-order valence-electron chi connectivity index (χ0n) is 15.4. The number of carbonyl (C=O) groups is 1. The van der Waals surface area contributed by atoms with Crippen LogP contribution in [0.1, 0.15) is 28.8 Å².